The Hall–Kier alpha value is -3.39. The van der Waals surface area contributed by atoms with E-state index in [1.165, 1.54) is 14.2 Å². The van der Waals surface area contributed by atoms with E-state index in [0.29, 0.717) is 30.0 Å². The Morgan fingerprint density at radius 1 is 1.06 bits per heavy atom. The highest BCUT2D eigenvalue weighted by Gasteiger charge is 2.12. The van der Waals surface area contributed by atoms with Crippen molar-refractivity contribution in [3.63, 3.8) is 0 Å². The van der Waals surface area contributed by atoms with Crippen LogP contribution in [0, 0.1) is 6.92 Å². The Bertz CT molecular complexity index is 1050. The largest absolute Gasteiger partial charge is 0.493 e. The number of carbonyl (C=O) groups is 2. The van der Waals surface area contributed by atoms with E-state index < -0.39 is 5.97 Å². The zero-order valence-electron chi connectivity index (χ0n) is 17.6. The lowest BCUT2D eigenvalue weighted by Gasteiger charge is -2.12. The van der Waals surface area contributed by atoms with Crippen LogP contribution in [0.3, 0.4) is 0 Å². The van der Waals surface area contributed by atoms with Gasteiger partial charge in [0.2, 0.25) is 0 Å². The molecule has 0 fully saturated rings. The van der Waals surface area contributed by atoms with Crippen LogP contribution in [0.2, 0.25) is 0 Å². The SMILES string of the molecule is COC(=O)COc1ccc(C(=O)NCCc2ccc(-c3csc(C)n3)cc2)cc1OC. The second-order valence-corrected chi connectivity index (χ2v) is 7.75. The molecule has 1 aromatic heterocycles. The molecular weight excluding hydrogens is 416 g/mol. The Kier molecular flexibility index (Phi) is 7.61. The molecule has 0 spiro atoms. The fourth-order valence-electron chi connectivity index (χ4n) is 2.88. The number of esters is 1. The van der Waals surface area contributed by atoms with Gasteiger partial charge in [-0.1, -0.05) is 24.3 Å². The molecule has 3 rings (SSSR count). The van der Waals surface area contributed by atoms with Crippen molar-refractivity contribution in [2.24, 2.45) is 0 Å². The molecule has 0 aliphatic heterocycles. The van der Waals surface area contributed by atoms with Gasteiger partial charge in [0.25, 0.3) is 5.91 Å². The van der Waals surface area contributed by atoms with Gasteiger partial charge in [-0.25, -0.2) is 9.78 Å². The van der Waals surface area contributed by atoms with Crippen molar-refractivity contribution in [3.05, 3.63) is 64.0 Å². The van der Waals surface area contributed by atoms with Crippen molar-refractivity contribution in [2.75, 3.05) is 27.4 Å². The minimum absolute atomic E-state index is 0.215. The van der Waals surface area contributed by atoms with Gasteiger partial charge >= 0.3 is 5.97 Å². The molecule has 8 heteroatoms. The number of hydrogen-bond acceptors (Lipinski definition) is 7. The summed E-state index contributed by atoms with van der Waals surface area (Å²) in [6, 6.07) is 13.0. The first-order valence-corrected chi connectivity index (χ1v) is 10.6. The lowest BCUT2D eigenvalue weighted by Crippen LogP contribution is -2.25. The van der Waals surface area contributed by atoms with Crippen LogP contribution >= 0.6 is 11.3 Å². The van der Waals surface area contributed by atoms with Crippen LogP contribution in [0.1, 0.15) is 20.9 Å². The first-order chi connectivity index (χ1) is 15.0. The highest BCUT2D eigenvalue weighted by atomic mass is 32.1. The number of nitrogens with one attached hydrogen (secondary N) is 1. The van der Waals surface area contributed by atoms with Crippen LogP contribution in [0.5, 0.6) is 11.5 Å². The number of benzene rings is 2. The van der Waals surface area contributed by atoms with Gasteiger partial charge in [-0.15, -0.1) is 11.3 Å². The average molecular weight is 441 g/mol. The monoisotopic (exact) mass is 440 g/mol. The van der Waals surface area contributed by atoms with E-state index in [1.807, 2.05) is 36.6 Å². The Labute approximate surface area is 185 Å². The lowest BCUT2D eigenvalue weighted by atomic mass is 10.1. The molecule has 1 amide bonds. The van der Waals surface area contributed by atoms with E-state index in [0.717, 1.165) is 21.8 Å². The number of methoxy groups -OCH3 is 2. The van der Waals surface area contributed by atoms with Crippen LogP contribution in [-0.4, -0.2) is 44.2 Å². The summed E-state index contributed by atoms with van der Waals surface area (Å²) in [6.07, 6.45) is 0.708. The summed E-state index contributed by atoms with van der Waals surface area (Å²) in [7, 11) is 2.76. The van der Waals surface area contributed by atoms with Gasteiger partial charge in [0.05, 0.1) is 24.9 Å². The third kappa shape index (κ3) is 6.05. The third-order valence-electron chi connectivity index (χ3n) is 4.57. The van der Waals surface area contributed by atoms with Crippen molar-refractivity contribution in [1.82, 2.24) is 10.3 Å². The number of carbonyl (C=O) groups excluding carboxylic acids is 2. The molecule has 0 unspecified atom stereocenters. The summed E-state index contributed by atoms with van der Waals surface area (Å²) in [5.41, 5.74) is 3.63. The van der Waals surface area contributed by atoms with Crippen molar-refractivity contribution in [1.29, 1.82) is 0 Å². The van der Waals surface area contributed by atoms with Crippen LogP contribution < -0.4 is 14.8 Å². The van der Waals surface area contributed by atoms with Crippen LogP contribution in [0.4, 0.5) is 0 Å². The van der Waals surface area contributed by atoms with Gasteiger partial charge in [-0.05, 0) is 37.1 Å². The van der Waals surface area contributed by atoms with Gasteiger partial charge < -0.3 is 19.5 Å². The molecule has 7 nitrogen and oxygen atoms in total. The maximum atomic E-state index is 12.5. The molecule has 0 saturated carbocycles. The Morgan fingerprint density at radius 2 is 1.84 bits per heavy atom. The highest BCUT2D eigenvalue weighted by Crippen LogP contribution is 2.28. The first-order valence-electron chi connectivity index (χ1n) is 9.67. The van der Waals surface area contributed by atoms with Gasteiger partial charge in [0.1, 0.15) is 0 Å². The number of aromatic nitrogens is 1. The number of hydrogen-bond donors (Lipinski definition) is 1. The molecule has 1 N–H and O–H groups in total. The predicted octanol–water partition coefficient (Wildman–Crippen LogP) is 3.65. The topological polar surface area (TPSA) is 86.8 Å². The van der Waals surface area contributed by atoms with Gasteiger partial charge in [0, 0.05) is 23.1 Å². The van der Waals surface area contributed by atoms with E-state index in [2.05, 4.69) is 15.0 Å². The van der Waals surface area contributed by atoms with E-state index in [4.69, 9.17) is 9.47 Å². The van der Waals surface area contributed by atoms with Gasteiger partial charge in [-0.2, -0.15) is 0 Å². The van der Waals surface area contributed by atoms with E-state index in [1.54, 1.807) is 29.5 Å². The van der Waals surface area contributed by atoms with Crippen LogP contribution in [0.15, 0.2) is 47.8 Å². The molecule has 0 aliphatic carbocycles. The average Bonchev–Trinajstić information content (AvgIpc) is 3.23. The minimum atomic E-state index is -0.501. The maximum Gasteiger partial charge on any atom is 0.343 e. The van der Waals surface area contributed by atoms with Crippen molar-refractivity contribution in [3.8, 4) is 22.8 Å². The summed E-state index contributed by atoms with van der Waals surface area (Å²) in [6.45, 7) is 2.25. The number of amides is 1. The lowest BCUT2D eigenvalue weighted by molar-refractivity contribution is -0.142. The summed E-state index contributed by atoms with van der Waals surface area (Å²) in [4.78, 5) is 28.2. The number of rotatable bonds is 9. The highest BCUT2D eigenvalue weighted by molar-refractivity contribution is 7.09. The smallest absolute Gasteiger partial charge is 0.343 e. The molecule has 0 atom stereocenters. The zero-order valence-corrected chi connectivity index (χ0v) is 18.5. The fourth-order valence-corrected chi connectivity index (χ4v) is 3.51. The molecule has 2 aromatic carbocycles. The van der Waals surface area contributed by atoms with Gasteiger partial charge in [0.15, 0.2) is 18.1 Å². The summed E-state index contributed by atoms with van der Waals surface area (Å²) in [5.74, 6) is 0.00949. The second-order valence-electron chi connectivity index (χ2n) is 6.69. The molecule has 0 bridgehead atoms. The molecule has 0 saturated heterocycles. The number of aryl methyl sites for hydroxylation is 1. The normalized spacial score (nSPS) is 10.4. The van der Waals surface area contributed by atoms with Gasteiger partial charge in [-0.3, -0.25) is 4.79 Å². The Balaban J connectivity index is 1.53. The summed E-state index contributed by atoms with van der Waals surface area (Å²) < 4.78 is 15.2. The van der Waals surface area contributed by atoms with Crippen LogP contribution in [0.25, 0.3) is 11.3 Å². The molecule has 0 radical (unpaired) electrons. The second kappa shape index (κ2) is 10.6. The van der Waals surface area contributed by atoms with Crippen molar-refractivity contribution < 1.29 is 23.8 Å². The van der Waals surface area contributed by atoms with Crippen molar-refractivity contribution in [2.45, 2.75) is 13.3 Å². The minimum Gasteiger partial charge on any atom is -0.493 e. The number of ether oxygens (including phenoxy) is 3. The maximum absolute atomic E-state index is 12.5. The summed E-state index contributed by atoms with van der Waals surface area (Å²) in [5, 5.41) is 6.00. The quantitative estimate of drug-likeness (QED) is 0.511. The van der Waals surface area contributed by atoms with E-state index in [-0.39, 0.29) is 12.5 Å². The van der Waals surface area contributed by atoms with E-state index in [9.17, 15) is 9.59 Å². The fraction of sp³-hybridized carbons (Fsp3) is 0.261. The molecule has 0 aliphatic rings. The van der Waals surface area contributed by atoms with E-state index >= 15 is 0 Å². The molecule has 162 valence electrons. The number of thiazole rings is 1. The predicted molar refractivity (Wildman–Crippen MR) is 119 cm³/mol. The molecule has 1 heterocycles. The zero-order chi connectivity index (χ0) is 22.2. The van der Waals surface area contributed by atoms with Crippen molar-refractivity contribution >= 4 is 23.2 Å². The molecule has 3 aromatic rings. The number of nitrogens with zero attached hydrogens (tertiary/aromatic N) is 1. The Morgan fingerprint density at radius 3 is 2.48 bits per heavy atom. The standard InChI is InChI=1S/C23H24N2O5S/c1-15-25-19(14-31-15)17-6-4-16(5-7-17)10-11-24-23(27)18-8-9-20(21(12-18)28-2)30-13-22(26)29-3/h4-9,12,14H,10-11,13H2,1-3H3,(H,24,27). The molecule has 31 heavy (non-hydrogen) atoms. The molecular formula is C23H24N2O5S. The van der Waals surface area contributed by atoms with Crippen LogP contribution in [-0.2, 0) is 16.0 Å². The third-order valence-corrected chi connectivity index (χ3v) is 5.34. The summed E-state index contributed by atoms with van der Waals surface area (Å²) >= 11 is 1.63. The first kappa shape index (κ1) is 22.3.